The van der Waals surface area contributed by atoms with Crippen molar-refractivity contribution in [3.8, 4) is 0 Å². The lowest BCUT2D eigenvalue weighted by Gasteiger charge is -2.32. The van der Waals surface area contributed by atoms with Crippen LogP contribution in [0.15, 0.2) is 58.1 Å². The number of likely N-dealkylation sites (tertiary alicyclic amines) is 1. The molecule has 2 aliphatic heterocycles. The quantitative estimate of drug-likeness (QED) is 0.428. The molecule has 3 aliphatic rings. The number of ketones is 1. The second-order valence-corrected chi connectivity index (χ2v) is 9.68. The second kappa shape index (κ2) is 10.9. The van der Waals surface area contributed by atoms with Gasteiger partial charge in [-0.05, 0) is 43.4 Å². The number of carbonyl (C=O) groups is 4. The van der Waals surface area contributed by atoms with Crippen LogP contribution in [0.5, 0.6) is 0 Å². The first-order valence-electron chi connectivity index (χ1n) is 12.3. The number of allylic oxidation sites excluding steroid dienone is 3. The molecule has 0 radical (unpaired) electrons. The molecular weight excluding hydrogens is 458 g/mol. The Labute approximate surface area is 210 Å². The lowest BCUT2D eigenvalue weighted by molar-refractivity contribution is -0.133. The number of esters is 1. The summed E-state index contributed by atoms with van der Waals surface area (Å²) in [6, 6.07) is 6.57. The van der Waals surface area contributed by atoms with Gasteiger partial charge in [0.1, 0.15) is 11.8 Å². The topological polar surface area (TPSA) is 105 Å². The molecule has 0 N–H and O–H groups in total. The minimum Gasteiger partial charge on any atom is -0.465 e. The lowest BCUT2D eigenvalue weighted by atomic mass is 9.88. The average Bonchev–Trinajstić information content (AvgIpc) is 2.88. The Morgan fingerprint density at radius 3 is 2.58 bits per heavy atom. The third-order valence-electron chi connectivity index (χ3n) is 6.94. The zero-order valence-corrected chi connectivity index (χ0v) is 20.9. The normalized spacial score (nSPS) is 20.6. The number of piperidine rings is 1. The minimum atomic E-state index is -0.476. The van der Waals surface area contributed by atoms with E-state index in [1.165, 1.54) is 7.11 Å². The van der Waals surface area contributed by atoms with Gasteiger partial charge in [0.05, 0.1) is 18.4 Å². The van der Waals surface area contributed by atoms with E-state index in [4.69, 9.17) is 4.74 Å². The van der Waals surface area contributed by atoms with Crippen molar-refractivity contribution in [3.05, 3.63) is 59.2 Å². The molecule has 1 saturated heterocycles. The van der Waals surface area contributed by atoms with Gasteiger partial charge in [-0.15, -0.1) is 0 Å². The van der Waals surface area contributed by atoms with Crippen molar-refractivity contribution in [1.29, 1.82) is 0 Å². The number of fused-ring (bicyclic) bond motifs is 1. The van der Waals surface area contributed by atoms with Crippen molar-refractivity contribution < 1.29 is 23.9 Å². The van der Waals surface area contributed by atoms with Crippen LogP contribution in [-0.2, 0) is 14.3 Å². The monoisotopic (exact) mass is 489 g/mol. The summed E-state index contributed by atoms with van der Waals surface area (Å²) in [5.41, 5.74) is 2.54. The molecule has 1 aliphatic carbocycles. The first-order valence-corrected chi connectivity index (χ1v) is 12.3. The maximum atomic E-state index is 13.0. The molecule has 188 valence electrons. The van der Waals surface area contributed by atoms with Crippen molar-refractivity contribution in [3.63, 3.8) is 0 Å². The Hall–Kier alpha value is -3.68. The number of Topliss-reactive ketones (excluding diaryl/α,β-unsaturated/α-hetero) is 1. The van der Waals surface area contributed by atoms with Crippen molar-refractivity contribution in [2.45, 2.75) is 39.5 Å². The number of hydrogen-bond acceptors (Lipinski definition) is 6. The van der Waals surface area contributed by atoms with Gasteiger partial charge in [-0.1, -0.05) is 37.3 Å². The van der Waals surface area contributed by atoms with Gasteiger partial charge in [0.2, 0.25) is 5.91 Å². The summed E-state index contributed by atoms with van der Waals surface area (Å²) in [6.45, 7) is 4.92. The molecule has 8 heteroatoms. The van der Waals surface area contributed by atoms with Crippen molar-refractivity contribution in [2.24, 2.45) is 27.7 Å². The Kier molecular flexibility index (Phi) is 7.72. The van der Waals surface area contributed by atoms with Crippen molar-refractivity contribution >= 4 is 35.1 Å². The number of nitrogens with zero attached hydrogens (tertiary/aromatic N) is 3. The minimum absolute atomic E-state index is 0.0134. The van der Waals surface area contributed by atoms with Crippen LogP contribution in [0.4, 0.5) is 0 Å². The number of amidine groups is 1. The van der Waals surface area contributed by atoms with Crippen LogP contribution in [0.3, 0.4) is 0 Å². The van der Waals surface area contributed by atoms with Crippen LogP contribution in [0.1, 0.15) is 60.2 Å². The highest BCUT2D eigenvalue weighted by Crippen LogP contribution is 2.26. The predicted molar refractivity (Wildman–Crippen MR) is 136 cm³/mol. The van der Waals surface area contributed by atoms with Crippen LogP contribution in [0.25, 0.3) is 0 Å². The second-order valence-electron chi connectivity index (χ2n) is 9.68. The lowest BCUT2D eigenvalue weighted by Crippen LogP contribution is -2.41. The van der Waals surface area contributed by atoms with E-state index in [2.05, 4.69) is 9.98 Å². The predicted octanol–water partition coefficient (Wildman–Crippen LogP) is 3.82. The van der Waals surface area contributed by atoms with E-state index in [0.29, 0.717) is 55.7 Å². The van der Waals surface area contributed by atoms with Gasteiger partial charge in [-0.2, -0.15) is 4.99 Å². The van der Waals surface area contributed by atoms with Crippen LogP contribution in [0, 0.1) is 17.8 Å². The Morgan fingerprint density at radius 1 is 1.14 bits per heavy atom. The maximum absolute atomic E-state index is 13.0. The van der Waals surface area contributed by atoms with E-state index < -0.39 is 11.9 Å². The first-order chi connectivity index (χ1) is 17.3. The van der Waals surface area contributed by atoms with E-state index in [1.54, 1.807) is 29.2 Å². The van der Waals surface area contributed by atoms with Gasteiger partial charge in [0, 0.05) is 37.4 Å². The fourth-order valence-corrected chi connectivity index (χ4v) is 4.90. The molecule has 0 aromatic heterocycles. The molecule has 2 amide bonds. The van der Waals surface area contributed by atoms with Crippen molar-refractivity contribution in [1.82, 2.24) is 4.90 Å². The Morgan fingerprint density at radius 2 is 1.86 bits per heavy atom. The van der Waals surface area contributed by atoms with Gasteiger partial charge in [0.15, 0.2) is 5.78 Å². The third kappa shape index (κ3) is 5.58. The van der Waals surface area contributed by atoms with Gasteiger partial charge in [-0.25, -0.2) is 9.79 Å². The zero-order valence-electron chi connectivity index (χ0n) is 20.9. The highest BCUT2D eigenvalue weighted by Gasteiger charge is 2.31. The molecule has 2 atom stereocenters. The molecular formula is C28H31N3O5. The Bertz CT molecular complexity index is 1200. The zero-order chi connectivity index (χ0) is 25.8. The smallest absolute Gasteiger partial charge is 0.337 e. The van der Waals surface area contributed by atoms with Gasteiger partial charge < -0.3 is 9.64 Å². The van der Waals surface area contributed by atoms with Gasteiger partial charge in [-0.3, -0.25) is 14.4 Å². The maximum Gasteiger partial charge on any atom is 0.337 e. The summed E-state index contributed by atoms with van der Waals surface area (Å²) >= 11 is 0. The summed E-state index contributed by atoms with van der Waals surface area (Å²) in [5, 5.41) is 0. The summed E-state index contributed by atoms with van der Waals surface area (Å²) in [5.74, 6) is -0.792. The number of amides is 2. The highest BCUT2D eigenvalue weighted by atomic mass is 16.5. The molecule has 8 nitrogen and oxygen atoms in total. The van der Waals surface area contributed by atoms with Gasteiger partial charge >= 0.3 is 5.97 Å². The molecule has 1 unspecified atom stereocenters. The van der Waals surface area contributed by atoms with E-state index in [1.807, 2.05) is 32.1 Å². The molecule has 0 bridgehead atoms. The molecule has 2 heterocycles. The number of methoxy groups -OCH3 is 1. The number of carbonyl (C=O) groups excluding carboxylic acids is 4. The molecule has 1 aromatic carbocycles. The fourth-order valence-electron chi connectivity index (χ4n) is 4.90. The average molecular weight is 490 g/mol. The summed E-state index contributed by atoms with van der Waals surface area (Å²) in [6.07, 6.45) is 7.54. The van der Waals surface area contributed by atoms with Crippen LogP contribution in [0.2, 0.25) is 0 Å². The molecule has 0 spiro atoms. The third-order valence-corrected chi connectivity index (χ3v) is 6.94. The number of ether oxygens (including phenoxy) is 1. The van der Waals surface area contributed by atoms with Crippen LogP contribution >= 0.6 is 0 Å². The first kappa shape index (κ1) is 25.4. The molecule has 0 saturated carbocycles. The molecule has 4 rings (SSSR count). The number of aliphatic imine (C=N–C) groups is 2. The van der Waals surface area contributed by atoms with E-state index in [0.717, 1.165) is 11.3 Å². The summed E-state index contributed by atoms with van der Waals surface area (Å²) in [7, 11) is 1.31. The van der Waals surface area contributed by atoms with Crippen LogP contribution < -0.4 is 0 Å². The SMILES string of the molecule is COC(=O)c1cccc(C(=O)C2CCN(C(=O)C[C@H](C)CC3=NC(=O)C4C=CC=C(C)C4=N3)CC2)c1. The van der Waals surface area contributed by atoms with E-state index >= 15 is 0 Å². The van der Waals surface area contributed by atoms with Gasteiger partial charge in [0.25, 0.3) is 5.91 Å². The van der Waals surface area contributed by atoms with E-state index in [9.17, 15) is 19.2 Å². The Balaban J connectivity index is 1.29. The number of benzene rings is 1. The largest absolute Gasteiger partial charge is 0.465 e. The summed E-state index contributed by atoms with van der Waals surface area (Å²) < 4.78 is 4.74. The number of rotatable bonds is 7. The van der Waals surface area contributed by atoms with E-state index in [-0.39, 0.29) is 29.4 Å². The number of hydrogen-bond donors (Lipinski definition) is 0. The molecule has 1 aromatic rings. The summed E-state index contributed by atoms with van der Waals surface area (Å²) in [4.78, 5) is 60.7. The molecule has 36 heavy (non-hydrogen) atoms. The highest BCUT2D eigenvalue weighted by molar-refractivity contribution is 6.23. The molecule has 1 fully saturated rings. The van der Waals surface area contributed by atoms with Crippen LogP contribution in [-0.4, -0.2) is 60.2 Å². The van der Waals surface area contributed by atoms with Crippen molar-refractivity contribution in [2.75, 3.05) is 20.2 Å². The fraction of sp³-hybridized carbons (Fsp3) is 0.429. The standard InChI is InChI=1S/C28H31N3O5/c1-17(14-23-29-25-18(2)6-4-9-22(25)27(34)30-23)15-24(32)31-12-10-19(11-13-31)26(33)20-7-5-8-21(16-20)28(35)36-3/h4-9,16-17,19,22H,10-15H2,1-3H3/t17-,22?/m1/s1.